The average Bonchev–Trinajstić information content (AvgIpc) is 3.20. The number of ketones is 1. The molecular formula is C17H19ClN4O5S. The molecule has 2 heterocycles. The first-order valence-electron chi connectivity index (χ1n) is 8.47. The Hall–Kier alpha value is -2.43. The van der Waals surface area contributed by atoms with E-state index in [1.807, 2.05) is 0 Å². The number of rotatable bonds is 4. The van der Waals surface area contributed by atoms with Crippen LogP contribution in [0.5, 0.6) is 0 Å². The Morgan fingerprint density at radius 2 is 1.71 bits per heavy atom. The third-order valence-electron chi connectivity index (χ3n) is 4.81. The Morgan fingerprint density at radius 1 is 1.11 bits per heavy atom. The Balaban J connectivity index is 2.16. The van der Waals surface area contributed by atoms with Crippen LogP contribution in [0.2, 0.25) is 5.02 Å². The van der Waals surface area contributed by atoms with Crippen molar-refractivity contribution in [1.29, 1.82) is 0 Å². The lowest BCUT2D eigenvalue weighted by Crippen LogP contribution is -2.41. The highest BCUT2D eigenvalue weighted by Crippen LogP contribution is 2.29. The largest absolute Gasteiger partial charge is 0.384 e. The lowest BCUT2D eigenvalue weighted by Gasteiger charge is -2.17. The molecule has 2 N–H and O–H groups in total. The highest BCUT2D eigenvalue weighted by Gasteiger charge is 2.30. The van der Waals surface area contributed by atoms with Crippen LogP contribution in [0.25, 0.3) is 0 Å². The van der Waals surface area contributed by atoms with Gasteiger partial charge in [-0.1, -0.05) is 11.6 Å². The van der Waals surface area contributed by atoms with Crippen LogP contribution in [0.4, 0.5) is 5.82 Å². The smallest absolute Gasteiger partial charge is 0.332 e. The van der Waals surface area contributed by atoms with Gasteiger partial charge in [0, 0.05) is 32.7 Å². The standard InChI is InChI=1S/C17H19ClN4O5S/c1-20-15(19)13(16(24)21(2)17(20)25)14(23)10-5-6-11(18)12(9-10)28(26,27)22-7-3-4-8-22/h5-6,9H,3-4,7-8,19H2,1-2H3. The van der Waals surface area contributed by atoms with Crippen molar-refractivity contribution in [3.63, 3.8) is 0 Å². The number of halogens is 1. The maximum Gasteiger partial charge on any atom is 0.332 e. The predicted molar refractivity (Wildman–Crippen MR) is 104 cm³/mol. The first-order chi connectivity index (χ1) is 13.1. The molecule has 0 spiro atoms. The summed E-state index contributed by atoms with van der Waals surface area (Å²) >= 11 is 6.09. The number of anilines is 1. The minimum Gasteiger partial charge on any atom is -0.384 e. The van der Waals surface area contributed by atoms with E-state index in [1.54, 1.807) is 0 Å². The summed E-state index contributed by atoms with van der Waals surface area (Å²) in [7, 11) is -1.31. The number of nitrogen functional groups attached to an aromatic ring is 1. The van der Waals surface area contributed by atoms with E-state index in [0.717, 1.165) is 28.0 Å². The molecule has 1 aromatic heterocycles. The molecule has 0 bridgehead atoms. The van der Waals surface area contributed by atoms with Gasteiger partial charge in [-0.05, 0) is 31.0 Å². The number of sulfonamides is 1. The van der Waals surface area contributed by atoms with Crippen LogP contribution in [-0.4, -0.2) is 40.7 Å². The molecular weight excluding hydrogens is 408 g/mol. The minimum absolute atomic E-state index is 0.0233. The molecule has 1 aliphatic rings. The first kappa shape index (κ1) is 20.3. The van der Waals surface area contributed by atoms with Gasteiger partial charge in [0.15, 0.2) is 0 Å². The molecule has 0 amide bonds. The lowest BCUT2D eigenvalue weighted by atomic mass is 10.0. The second-order valence-corrected chi connectivity index (χ2v) is 8.87. The third kappa shape index (κ3) is 3.17. The van der Waals surface area contributed by atoms with Crippen LogP contribution in [-0.2, 0) is 24.1 Å². The molecule has 11 heteroatoms. The average molecular weight is 427 g/mol. The van der Waals surface area contributed by atoms with Gasteiger partial charge in [0.25, 0.3) is 5.56 Å². The van der Waals surface area contributed by atoms with E-state index in [2.05, 4.69) is 0 Å². The fourth-order valence-corrected chi connectivity index (χ4v) is 5.14. The predicted octanol–water partition coefficient (Wildman–Crippen LogP) is 0.335. The van der Waals surface area contributed by atoms with Gasteiger partial charge in [-0.25, -0.2) is 13.2 Å². The van der Waals surface area contributed by atoms with E-state index in [4.69, 9.17) is 17.3 Å². The SMILES string of the molecule is Cn1c(N)c(C(=O)c2ccc(Cl)c(S(=O)(=O)N3CCCC3)c2)c(=O)n(C)c1=O. The molecule has 150 valence electrons. The molecule has 1 saturated heterocycles. The summed E-state index contributed by atoms with van der Waals surface area (Å²) in [6.07, 6.45) is 1.50. The van der Waals surface area contributed by atoms with Crippen molar-refractivity contribution in [2.24, 2.45) is 14.1 Å². The number of hydrogen-bond acceptors (Lipinski definition) is 6. The van der Waals surface area contributed by atoms with Crippen molar-refractivity contribution in [3.05, 3.63) is 55.2 Å². The fraction of sp³-hybridized carbons (Fsp3) is 0.353. The maximum atomic E-state index is 13.0. The van der Waals surface area contributed by atoms with Gasteiger partial charge >= 0.3 is 5.69 Å². The molecule has 3 rings (SSSR count). The quantitative estimate of drug-likeness (QED) is 0.702. The van der Waals surface area contributed by atoms with Crippen LogP contribution in [0.3, 0.4) is 0 Å². The van der Waals surface area contributed by atoms with Crippen molar-refractivity contribution < 1.29 is 13.2 Å². The topological polar surface area (TPSA) is 124 Å². The molecule has 1 aromatic carbocycles. The van der Waals surface area contributed by atoms with Crippen molar-refractivity contribution in [2.75, 3.05) is 18.8 Å². The van der Waals surface area contributed by atoms with E-state index in [0.29, 0.717) is 13.1 Å². The molecule has 0 unspecified atom stereocenters. The second kappa shape index (κ2) is 7.19. The monoisotopic (exact) mass is 426 g/mol. The molecule has 1 aliphatic heterocycles. The van der Waals surface area contributed by atoms with Gasteiger partial charge in [-0.15, -0.1) is 0 Å². The fourth-order valence-electron chi connectivity index (χ4n) is 3.13. The van der Waals surface area contributed by atoms with E-state index in [-0.39, 0.29) is 21.3 Å². The third-order valence-corrected chi connectivity index (χ3v) is 7.19. The number of nitrogens with zero attached hydrogens (tertiary/aromatic N) is 3. The number of benzene rings is 1. The zero-order valence-corrected chi connectivity index (χ0v) is 16.9. The van der Waals surface area contributed by atoms with Crippen molar-refractivity contribution in [3.8, 4) is 0 Å². The minimum atomic E-state index is -3.87. The van der Waals surface area contributed by atoms with Gasteiger partial charge in [0.05, 0.1) is 5.02 Å². The van der Waals surface area contributed by atoms with Crippen molar-refractivity contribution in [1.82, 2.24) is 13.4 Å². The molecule has 0 aliphatic carbocycles. The summed E-state index contributed by atoms with van der Waals surface area (Å²) in [5, 5.41) is -0.0233. The Kier molecular flexibility index (Phi) is 5.22. The van der Waals surface area contributed by atoms with Crippen LogP contribution < -0.4 is 17.0 Å². The van der Waals surface area contributed by atoms with Gasteiger partial charge in [-0.3, -0.25) is 18.7 Å². The molecule has 9 nitrogen and oxygen atoms in total. The summed E-state index contributed by atoms with van der Waals surface area (Å²) in [5.74, 6) is -1.08. The number of carbonyl (C=O) groups is 1. The lowest BCUT2D eigenvalue weighted by molar-refractivity contribution is 0.103. The molecule has 0 radical (unpaired) electrons. The zero-order chi connectivity index (χ0) is 20.8. The summed E-state index contributed by atoms with van der Waals surface area (Å²) in [6.45, 7) is 0.760. The molecule has 1 fully saturated rings. The first-order valence-corrected chi connectivity index (χ1v) is 10.3. The summed E-state index contributed by atoms with van der Waals surface area (Å²) in [4.78, 5) is 37.1. The van der Waals surface area contributed by atoms with Gasteiger partial charge in [-0.2, -0.15) is 4.31 Å². The zero-order valence-electron chi connectivity index (χ0n) is 15.3. The molecule has 28 heavy (non-hydrogen) atoms. The summed E-state index contributed by atoms with van der Waals surface area (Å²) in [5.41, 5.74) is 3.82. The molecule has 0 atom stereocenters. The van der Waals surface area contributed by atoms with Crippen molar-refractivity contribution >= 4 is 33.2 Å². The Morgan fingerprint density at radius 3 is 2.32 bits per heavy atom. The normalized spacial score (nSPS) is 15.1. The van der Waals surface area contributed by atoms with E-state index in [1.165, 1.54) is 30.5 Å². The molecule has 0 saturated carbocycles. The van der Waals surface area contributed by atoms with Crippen LogP contribution in [0.15, 0.2) is 32.7 Å². The number of aromatic nitrogens is 2. The van der Waals surface area contributed by atoms with Gasteiger partial charge in [0.2, 0.25) is 15.8 Å². The summed E-state index contributed by atoms with van der Waals surface area (Å²) < 4.78 is 28.7. The number of hydrogen-bond donors (Lipinski definition) is 1. The number of nitrogens with two attached hydrogens (primary N) is 1. The summed E-state index contributed by atoms with van der Waals surface area (Å²) in [6, 6.07) is 3.75. The van der Waals surface area contributed by atoms with E-state index < -0.39 is 32.6 Å². The van der Waals surface area contributed by atoms with Crippen LogP contribution in [0.1, 0.15) is 28.8 Å². The Bertz CT molecular complexity index is 1190. The highest BCUT2D eigenvalue weighted by atomic mass is 35.5. The van der Waals surface area contributed by atoms with Crippen molar-refractivity contribution in [2.45, 2.75) is 17.7 Å². The van der Waals surface area contributed by atoms with E-state index >= 15 is 0 Å². The van der Waals surface area contributed by atoms with Crippen LogP contribution >= 0.6 is 11.6 Å². The van der Waals surface area contributed by atoms with Gasteiger partial charge < -0.3 is 5.73 Å². The maximum absolute atomic E-state index is 13.0. The number of carbonyl (C=O) groups excluding carboxylic acids is 1. The second-order valence-electron chi connectivity index (χ2n) is 6.55. The Labute approximate surface area is 166 Å². The van der Waals surface area contributed by atoms with E-state index in [9.17, 15) is 22.8 Å². The van der Waals surface area contributed by atoms with Gasteiger partial charge in [0.1, 0.15) is 16.3 Å². The molecule has 2 aromatic rings. The van der Waals surface area contributed by atoms with Crippen LogP contribution in [0, 0.1) is 0 Å². The highest BCUT2D eigenvalue weighted by molar-refractivity contribution is 7.89.